The smallest absolute Gasteiger partial charge is 0.445 e. The van der Waals surface area contributed by atoms with Gasteiger partial charge in [-0.1, -0.05) is 6.42 Å². The molecule has 0 aromatic heterocycles. The fraction of sp³-hybridized carbons (Fsp3) is 0.800. The molecule has 0 radical (unpaired) electrons. The first-order valence-corrected chi connectivity index (χ1v) is 5.36. The summed E-state index contributed by atoms with van der Waals surface area (Å²) in [5.74, 6) is 0.312. The average molecular weight is 259 g/mol. The van der Waals surface area contributed by atoms with Gasteiger partial charge in [-0.25, -0.2) is 0 Å². The molecule has 1 aliphatic carbocycles. The third kappa shape index (κ3) is 6.21. The molecule has 1 aliphatic rings. The largest absolute Gasteiger partial charge is 1.00 e. The zero-order valence-electron chi connectivity index (χ0n) is 10.3. The molecule has 1 unspecified atom stereocenters. The van der Waals surface area contributed by atoms with Gasteiger partial charge >= 0.3 is 58.4 Å². The SMILES string of the molecule is CC(C)(N)CC1CC=C([B-](F)(F)F)CC1.[K+]. The topological polar surface area (TPSA) is 26.0 Å². The number of allylic oxidation sites excluding steroid dienone is 2. The molecular weight excluding hydrogens is 241 g/mol. The third-order valence-electron chi connectivity index (χ3n) is 2.79. The van der Waals surface area contributed by atoms with E-state index in [1.807, 2.05) is 13.8 Å². The summed E-state index contributed by atoms with van der Waals surface area (Å²) in [5.41, 5.74) is 5.26. The van der Waals surface area contributed by atoms with E-state index in [-0.39, 0.29) is 68.8 Å². The van der Waals surface area contributed by atoms with Gasteiger partial charge in [0.25, 0.3) is 0 Å². The molecule has 1 atom stereocenters. The summed E-state index contributed by atoms with van der Waals surface area (Å²) >= 11 is 0. The molecule has 0 saturated carbocycles. The second-order valence-electron chi connectivity index (χ2n) is 5.19. The van der Waals surface area contributed by atoms with E-state index in [1.54, 1.807) is 0 Å². The van der Waals surface area contributed by atoms with Crippen molar-refractivity contribution in [1.82, 2.24) is 0 Å². The number of nitrogens with two attached hydrogens (primary N) is 1. The van der Waals surface area contributed by atoms with E-state index in [0.29, 0.717) is 18.8 Å². The Morgan fingerprint density at radius 3 is 2.31 bits per heavy atom. The Bertz CT molecular complexity index is 258. The van der Waals surface area contributed by atoms with E-state index in [1.165, 1.54) is 6.08 Å². The molecule has 0 saturated heterocycles. The van der Waals surface area contributed by atoms with Crippen LogP contribution in [0, 0.1) is 5.92 Å². The van der Waals surface area contributed by atoms with Crippen LogP contribution in [0.25, 0.3) is 0 Å². The molecule has 0 fully saturated rings. The summed E-state index contributed by atoms with van der Waals surface area (Å²) in [6.45, 7) is -0.923. The molecule has 0 aliphatic heterocycles. The number of halogens is 3. The van der Waals surface area contributed by atoms with Crippen LogP contribution in [-0.2, 0) is 0 Å². The predicted octanol–water partition coefficient (Wildman–Crippen LogP) is 0.231. The second kappa shape index (κ2) is 6.38. The fourth-order valence-electron chi connectivity index (χ4n) is 2.14. The number of rotatable bonds is 3. The Morgan fingerprint density at radius 2 is 2.00 bits per heavy atom. The summed E-state index contributed by atoms with van der Waals surface area (Å²) in [5, 5.41) is 0. The van der Waals surface area contributed by atoms with Gasteiger partial charge in [0, 0.05) is 5.54 Å². The van der Waals surface area contributed by atoms with Crippen molar-refractivity contribution in [3.63, 3.8) is 0 Å². The Kier molecular flexibility index (Phi) is 6.86. The van der Waals surface area contributed by atoms with Gasteiger partial charge in [0.05, 0.1) is 0 Å². The first kappa shape index (κ1) is 17.2. The van der Waals surface area contributed by atoms with Crippen LogP contribution in [0.5, 0.6) is 0 Å². The summed E-state index contributed by atoms with van der Waals surface area (Å²) in [7, 11) is 0. The van der Waals surface area contributed by atoms with E-state index < -0.39 is 6.98 Å². The standard InChI is InChI=1S/C10H18BF3N.K/c1-10(2,15)7-8-3-5-9(6-4-8)11(12,13)14;/h5,8H,3-4,6-7,15H2,1-2H3;/q-1;+1. The van der Waals surface area contributed by atoms with E-state index in [9.17, 15) is 12.9 Å². The van der Waals surface area contributed by atoms with Crippen LogP contribution < -0.4 is 57.1 Å². The summed E-state index contributed by atoms with van der Waals surface area (Å²) < 4.78 is 37.1. The van der Waals surface area contributed by atoms with Gasteiger partial charge in [0.15, 0.2) is 0 Å². The maximum absolute atomic E-state index is 12.4. The summed E-state index contributed by atoms with van der Waals surface area (Å²) in [6, 6.07) is 0. The molecule has 1 nitrogen and oxygen atoms in total. The Labute approximate surface area is 138 Å². The van der Waals surface area contributed by atoms with Crippen LogP contribution in [0.4, 0.5) is 12.9 Å². The van der Waals surface area contributed by atoms with Gasteiger partial charge < -0.3 is 18.7 Å². The molecular formula is C10H18BF3KN. The molecule has 0 aromatic carbocycles. The van der Waals surface area contributed by atoms with Crippen LogP contribution in [0.1, 0.15) is 39.5 Å². The van der Waals surface area contributed by atoms with E-state index in [2.05, 4.69) is 0 Å². The zero-order valence-corrected chi connectivity index (χ0v) is 13.4. The van der Waals surface area contributed by atoms with E-state index >= 15 is 0 Å². The van der Waals surface area contributed by atoms with Crippen molar-refractivity contribution < 1.29 is 64.3 Å². The third-order valence-corrected chi connectivity index (χ3v) is 2.79. The molecule has 0 heterocycles. The molecule has 16 heavy (non-hydrogen) atoms. The van der Waals surface area contributed by atoms with Crippen molar-refractivity contribution in [2.75, 3.05) is 0 Å². The van der Waals surface area contributed by atoms with Gasteiger partial charge in [-0.2, -0.15) is 0 Å². The van der Waals surface area contributed by atoms with Crippen LogP contribution >= 0.6 is 0 Å². The normalized spacial score (nSPS) is 22.4. The Balaban J connectivity index is 0.00000225. The average Bonchev–Trinajstić information content (AvgIpc) is 2.00. The van der Waals surface area contributed by atoms with Gasteiger partial charge in [-0.3, -0.25) is 0 Å². The van der Waals surface area contributed by atoms with Crippen molar-refractivity contribution in [3.05, 3.63) is 11.5 Å². The summed E-state index contributed by atoms with van der Waals surface area (Å²) in [6.07, 6.45) is 3.47. The van der Waals surface area contributed by atoms with Crippen LogP contribution in [0.15, 0.2) is 11.5 Å². The van der Waals surface area contributed by atoms with E-state index in [0.717, 1.165) is 6.42 Å². The van der Waals surface area contributed by atoms with Crippen molar-refractivity contribution in [1.29, 1.82) is 0 Å². The van der Waals surface area contributed by atoms with Gasteiger partial charge in [0.2, 0.25) is 0 Å². The van der Waals surface area contributed by atoms with Gasteiger partial charge in [-0.05, 0) is 39.0 Å². The minimum Gasteiger partial charge on any atom is -0.445 e. The first-order valence-electron chi connectivity index (χ1n) is 5.36. The molecule has 0 aromatic rings. The van der Waals surface area contributed by atoms with Crippen molar-refractivity contribution in [2.45, 2.75) is 45.1 Å². The number of hydrogen-bond acceptors (Lipinski definition) is 1. The van der Waals surface area contributed by atoms with Crippen LogP contribution in [0.2, 0.25) is 0 Å². The summed E-state index contributed by atoms with van der Waals surface area (Å²) in [4.78, 5) is 0. The maximum Gasteiger partial charge on any atom is 1.00 e. The van der Waals surface area contributed by atoms with Crippen molar-refractivity contribution in [2.24, 2.45) is 11.7 Å². The quantitative estimate of drug-likeness (QED) is 0.721. The molecule has 1 rings (SSSR count). The molecule has 88 valence electrons. The minimum atomic E-state index is -4.76. The molecule has 0 spiro atoms. The first-order chi connectivity index (χ1) is 6.68. The van der Waals surface area contributed by atoms with Crippen LogP contribution in [-0.4, -0.2) is 12.5 Å². The van der Waals surface area contributed by atoms with Gasteiger partial charge in [0.1, 0.15) is 0 Å². The van der Waals surface area contributed by atoms with E-state index in [4.69, 9.17) is 5.73 Å². The fourth-order valence-corrected chi connectivity index (χ4v) is 2.14. The van der Waals surface area contributed by atoms with Gasteiger partial charge in [-0.15, -0.1) is 11.5 Å². The number of hydrogen-bond donors (Lipinski definition) is 1. The molecule has 2 N–H and O–H groups in total. The Morgan fingerprint density at radius 1 is 1.44 bits per heavy atom. The van der Waals surface area contributed by atoms with Crippen molar-refractivity contribution in [3.8, 4) is 0 Å². The molecule has 6 heteroatoms. The maximum atomic E-state index is 12.4. The van der Waals surface area contributed by atoms with Crippen LogP contribution in [0.3, 0.4) is 0 Å². The molecule has 0 amide bonds. The van der Waals surface area contributed by atoms with Crippen molar-refractivity contribution >= 4 is 6.98 Å². The minimum absolute atomic E-state index is 0. The second-order valence-corrected chi connectivity index (χ2v) is 5.19. The zero-order chi connectivity index (χ0) is 11.7. The molecule has 0 bridgehead atoms. The predicted molar refractivity (Wildman–Crippen MR) is 57.4 cm³/mol. The Hall–Kier alpha value is 1.19. The monoisotopic (exact) mass is 259 g/mol.